The number of ether oxygens (including phenoxy) is 2. The molecule has 1 atom stereocenters. The molecule has 0 radical (unpaired) electrons. The van der Waals surface area contributed by atoms with Gasteiger partial charge in [0.25, 0.3) is 0 Å². The largest absolute Gasteiger partial charge is 0.495 e. The topological polar surface area (TPSA) is 84.9 Å². The van der Waals surface area contributed by atoms with Crippen molar-refractivity contribution in [3.63, 3.8) is 0 Å². The Labute approximate surface area is 178 Å². The van der Waals surface area contributed by atoms with Crippen molar-refractivity contribution in [2.24, 2.45) is 5.92 Å². The summed E-state index contributed by atoms with van der Waals surface area (Å²) in [6, 6.07) is 10.6. The van der Waals surface area contributed by atoms with Crippen LogP contribution in [0.25, 0.3) is 0 Å². The lowest BCUT2D eigenvalue weighted by atomic mass is 9.98. The van der Waals surface area contributed by atoms with Gasteiger partial charge in [0.15, 0.2) is 0 Å². The van der Waals surface area contributed by atoms with Gasteiger partial charge < -0.3 is 14.8 Å². The van der Waals surface area contributed by atoms with Gasteiger partial charge in [0.1, 0.15) is 16.4 Å². The number of carbonyl (C=O) groups is 1. The lowest BCUT2D eigenvalue weighted by Gasteiger charge is -2.31. The molecule has 1 saturated heterocycles. The zero-order valence-electron chi connectivity index (χ0n) is 17.8. The first kappa shape index (κ1) is 22.1. The van der Waals surface area contributed by atoms with Crippen molar-refractivity contribution in [3.05, 3.63) is 47.5 Å². The SMILES string of the molecule is COc1ccc(C)cc1NC(=O)[C@@H]1CCCN(S(=O)(=O)c2cc(C)ccc2OC)C1. The molecule has 0 saturated carbocycles. The minimum absolute atomic E-state index is 0.124. The summed E-state index contributed by atoms with van der Waals surface area (Å²) in [5.74, 6) is 0.208. The molecule has 0 bridgehead atoms. The van der Waals surface area contributed by atoms with Crippen molar-refractivity contribution in [3.8, 4) is 11.5 Å². The maximum absolute atomic E-state index is 13.3. The van der Waals surface area contributed by atoms with E-state index in [9.17, 15) is 13.2 Å². The molecule has 2 aromatic carbocycles. The molecule has 1 heterocycles. The van der Waals surface area contributed by atoms with Gasteiger partial charge in [-0.1, -0.05) is 12.1 Å². The van der Waals surface area contributed by atoms with Gasteiger partial charge >= 0.3 is 0 Å². The highest BCUT2D eigenvalue weighted by molar-refractivity contribution is 7.89. The first-order valence-electron chi connectivity index (χ1n) is 9.86. The van der Waals surface area contributed by atoms with Crippen LogP contribution in [0.3, 0.4) is 0 Å². The van der Waals surface area contributed by atoms with E-state index in [4.69, 9.17) is 9.47 Å². The second kappa shape index (κ2) is 9.06. The van der Waals surface area contributed by atoms with Crippen LogP contribution in [0.15, 0.2) is 41.3 Å². The molecule has 1 aliphatic rings. The summed E-state index contributed by atoms with van der Waals surface area (Å²) in [5.41, 5.74) is 2.40. The lowest BCUT2D eigenvalue weighted by molar-refractivity contribution is -0.120. The number of sulfonamides is 1. The molecule has 1 N–H and O–H groups in total. The summed E-state index contributed by atoms with van der Waals surface area (Å²) in [6.07, 6.45) is 1.23. The van der Waals surface area contributed by atoms with Crippen molar-refractivity contribution < 1.29 is 22.7 Å². The van der Waals surface area contributed by atoms with E-state index in [0.29, 0.717) is 36.6 Å². The number of hydrogen-bond donors (Lipinski definition) is 1. The molecule has 7 nitrogen and oxygen atoms in total. The zero-order valence-corrected chi connectivity index (χ0v) is 18.6. The summed E-state index contributed by atoms with van der Waals surface area (Å²) in [4.78, 5) is 13.1. The van der Waals surface area contributed by atoms with Crippen LogP contribution in [-0.4, -0.2) is 45.9 Å². The number of carbonyl (C=O) groups excluding carboxylic acids is 1. The van der Waals surface area contributed by atoms with Gasteiger partial charge in [0.2, 0.25) is 15.9 Å². The molecular weight excluding hydrogens is 404 g/mol. The Kier molecular flexibility index (Phi) is 6.67. The normalized spacial score (nSPS) is 17.4. The number of hydrogen-bond acceptors (Lipinski definition) is 5. The molecule has 30 heavy (non-hydrogen) atoms. The minimum atomic E-state index is -3.78. The molecule has 1 aliphatic heterocycles. The maximum Gasteiger partial charge on any atom is 0.246 e. The molecule has 0 aromatic heterocycles. The van der Waals surface area contributed by atoms with E-state index in [1.807, 2.05) is 26.0 Å². The number of rotatable bonds is 6. The van der Waals surface area contributed by atoms with Crippen molar-refractivity contribution in [2.75, 3.05) is 32.6 Å². The third-order valence-corrected chi connectivity index (χ3v) is 7.19. The predicted molar refractivity (Wildman–Crippen MR) is 116 cm³/mol. The van der Waals surface area contributed by atoms with Crippen LogP contribution < -0.4 is 14.8 Å². The van der Waals surface area contributed by atoms with E-state index in [1.165, 1.54) is 11.4 Å². The third-order valence-electron chi connectivity index (χ3n) is 5.30. The molecule has 0 aliphatic carbocycles. The first-order chi connectivity index (χ1) is 14.3. The van der Waals surface area contributed by atoms with Gasteiger partial charge in [-0.15, -0.1) is 0 Å². The fraction of sp³-hybridized carbons (Fsp3) is 0.409. The Bertz CT molecular complexity index is 1040. The highest BCUT2D eigenvalue weighted by Crippen LogP contribution is 2.32. The summed E-state index contributed by atoms with van der Waals surface area (Å²) in [6.45, 7) is 4.26. The number of anilines is 1. The monoisotopic (exact) mass is 432 g/mol. The summed E-state index contributed by atoms with van der Waals surface area (Å²) < 4.78 is 38.5. The summed E-state index contributed by atoms with van der Waals surface area (Å²) in [7, 11) is -0.787. The van der Waals surface area contributed by atoms with E-state index in [-0.39, 0.29) is 17.3 Å². The van der Waals surface area contributed by atoms with E-state index < -0.39 is 15.9 Å². The second-order valence-electron chi connectivity index (χ2n) is 7.55. The third kappa shape index (κ3) is 4.60. The minimum Gasteiger partial charge on any atom is -0.495 e. The second-order valence-corrected chi connectivity index (χ2v) is 9.46. The Morgan fingerprint density at radius 1 is 1.03 bits per heavy atom. The Morgan fingerprint density at radius 2 is 1.67 bits per heavy atom. The molecule has 2 aromatic rings. The predicted octanol–water partition coefficient (Wildman–Crippen LogP) is 3.36. The van der Waals surface area contributed by atoms with Crippen molar-refractivity contribution in [2.45, 2.75) is 31.6 Å². The van der Waals surface area contributed by atoms with Gasteiger partial charge in [0, 0.05) is 13.1 Å². The average Bonchev–Trinajstić information content (AvgIpc) is 2.74. The van der Waals surface area contributed by atoms with Crippen LogP contribution in [0.5, 0.6) is 11.5 Å². The Balaban J connectivity index is 1.81. The van der Waals surface area contributed by atoms with Crippen molar-refractivity contribution in [1.29, 1.82) is 0 Å². The molecular formula is C22H28N2O5S. The van der Waals surface area contributed by atoms with Crippen molar-refractivity contribution in [1.82, 2.24) is 4.31 Å². The number of nitrogens with zero attached hydrogens (tertiary/aromatic N) is 1. The van der Waals surface area contributed by atoms with E-state index in [1.54, 1.807) is 31.4 Å². The number of amides is 1. The van der Waals surface area contributed by atoms with Gasteiger partial charge in [-0.3, -0.25) is 4.79 Å². The van der Waals surface area contributed by atoms with Gasteiger partial charge in [0.05, 0.1) is 25.8 Å². The van der Waals surface area contributed by atoms with Crippen molar-refractivity contribution >= 4 is 21.6 Å². The number of benzene rings is 2. The zero-order chi connectivity index (χ0) is 21.9. The fourth-order valence-corrected chi connectivity index (χ4v) is 5.42. The smallest absolute Gasteiger partial charge is 0.246 e. The standard InChI is InChI=1S/C22H28N2O5S/c1-15-7-9-19(28-3)18(12-15)23-22(25)17-6-5-11-24(14-17)30(26,27)21-13-16(2)8-10-20(21)29-4/h7-10,12-13,17H,5-6,11,14H2,1-4H3,(H,23,25)/t17-/m1/s1. The summed E-state index contributed by atoms with van der Waals surface area (Å²) in [5, 5.41) is 2.91. The highest BCUT2D eigenvalue weighted by Gasteiger charge is 2.35. The average molecular weight is 433 g/mol. The maximum atomic E-state index is 13.3. The van der Waals surface area contributed by atoms with Gasteiger partial charge in [-0.05, 0) is 62.1 Å². The van der Waals surface area contributed by atoms with Crippen LogP contribution in [0.2, 0.25) is 0 Å². The van der Waals surface area contributed by atoms with E-state index in [0.717, 1.165) is 11.1 Å². The lowest BCUT2D eigenvalue weighted by Crippen LogP contribution is -2.43. The van der Waals surface area contributed by atoms with Gasteiger partial charge in [-0.2, -0.15) is 4.31 Å². The highest BCUT2D eigenvalue weighted by atomic mass is 32.2. The molecule has 0 spiro atoms. The molecule has 0 unspecified atom stereocenters. The molecule has 8 heteroatoms. The molecule has 3 rings (SSSR count). The van der Waals surface area contributed by atoms with Crippen LogP contribution in [0, 0.1) is 19.8 Å². The Hall–Kier alpha value is -2.58. The fourth-order valence-electron chi connectivity index (χ4n) is 3.65. The van der Waals surface area contributed by atoms with E-state index in [2.05, 4.69) is 5.32 Å². The van der Waals surface area contributed by atoms with Crippen LogP contribution in [0.4, 0.5) is 5.69 Å². The molecule has 1 fully saturated rings. The van der Waals surface area contributed by atoms with Crippen LogP contribution in [0.1, 0.15) is 24.0 Å². The van der Waals surface area contributed by atoms with Crippen LogP contribution >= 0.6 is 0 Å². The number of nitrogens with one attached hydrogen (secondary N) is 1. The number of aryl methyl sites for hydroxylation is 2. The quantitative estimate of drug-likeness (QED) is 0.757. The Morgan fingerprint density at radius 3 is 2.33 bits per heavy atom. The first-order valence-corrected chi connectivity index (χ1v) is 11.3. The van der Waals surface area contributed by atoms with Crippen LogP contribution in [-0.2, 0) is 14.8 Å². The molecule has 162 valence electrons. The van der Waals surface area contributed by atoms with E-state index >= 15 is 0 Å². The summed E-state index contributed by atoms with van der Waals surface area (Å²) >= 11 is 0. The number of piperidine rings is 1. The molecule has 1 amide bonds. The van der Waals surface area contributed by atoms with Gasteiger partial charge in [-0.25, -0.2) is 8.42 Å². The number of methoxy groups -OCH3 is 2.